The minimum atomic E-state index is -0.192. The molecule has 2 aromatic rings. The molecule has 29 heavy (non-hydrogen) atoms. The first kappa shape index (κ1) is 20.9. The minimum absolute atomic E-state index is 0.192. The van der Waals surface area contributed by atoms with Crippen molar-refractivity contribution in [1.29, 1.82) is 5.26 Å². The third kappa shape index (κ3) is 4.77. The first-order chi connectivity index (χ1) is 13.9. The zero-order chi connectivity index (χ0) is 21.0. The highest BCUT2D eigenvalue weighted by molar-refractivity contribution is 6.01. The molecule has 1 saturated heterocycles. The Labute approximate surface area is 172 Å². The molecule has 1 fully saturated rings. The van der Waals surface area contributed by atoms with Crippen LogP contribution in [0.5, 0.6) is 0 Å². The molecule has 1 amide bonds. The fourth-order valence-corrected chi connectivity index (χ4v) is 3.83. The normalized spacial score (nSPS) is 15.6. The van der Waals surface area contributed by atoms with Gasteiger partial charge in [0.25, 0.3) is 5.91 Å². The molecule has 1 aliphatic rings. The molecule has 0 spiro atoms. The van der Waals surface area contributed by atoms with Crippen LogP contribution < -0.4 is 0 Å². The molecule has 7 nitrogen and oxygen atoms in total. The van der Waals surface area contributed by atoms with Crippen molar-refractivity contribution in [3.8, 4) is 6.07 Å². The number of rotatable bonds is 6. The maximum absolute atomic E-state index is 12.9. The number of nitrogens with zero attached hydrogens (tertiary/aromatic N) is 5. The van der Waals surface area contributed by atoms with Gasteiger partial charge >= 0.3 is 0 Å². The van der Waals surface area contributed by atoms with Gasteiger partial charge in [-0.1, -0.05) is 12.1 Å². The molecule has 0 atom stereocenters. The second-order valence-electron chi connectivity index (χ2n) is 7.65. The lowest BCUT2D eigenvalue weighted by atomic mass is 10.1. The number of hydrogen-bond acceptors (Lipinski definition) is 5. The number of amides is 1. The fourth-order valence-electron chi connectivity index (χ4n) is 3.83. The number of carbonyl (C=O) groups excluding carboxylic acids is 1. The molecule has 0 bridgehead atoms. The number of nitriles is 1. The SMILES string of the molecule is CCCn1c(C)cc(/C=C(\C#N)C(=O)N2CCN(Cc3cc(C)no3)CC2)c1C. The Kier molecular flexibility index (Phi) is 6.55. The molecule has 3 rings (SSSR count). The Morgan fingerprint density at radius 2 is 1.97 bits per heavy atom. The first-order valence-corrected chi connectivity index (χ1v) is 10.1. The molecular formula is C22H29N5O2. The molecule has 0 radical (unpaired) electrons. The summed E-state index contributed by atoms with van der Waals surface area (Å²) in [6, 6.07) is 6.10. The molecule has 0 aliphatic carbocycles. The van der Waals surface area contributed by atoms with Crippen molar-refractivity contribution in [3.05, 3.63) is 46.1 Å². The number of carbonyl (C=O) groups is 1. The lowest BCUT2D eigenvalue weighted by Gasteiger charge is -2.34. The van der Waals surface area contributed by atoms with E-state index in [1.165, 1.54) is 0 Å². The molecule has 0 aromatic carbocycles. The molecule has 154 valence electrons. The second kappa shape index (κ2) is 9.10. The molecule has 1 aliphatic heterocycles. The number of aryl methyl sites for hydroxylation is 2. The van der Waals surface area contributed by atoms with Gasteiger partial charge in [0.1, 0.15) is 11.6 Å². The van der Waals surface area contributed by atoms with Crippen molar-refractivity contribution in [2.75, 3.05) is 26.2 Å². The summed E-state index contributed by atoms with van der Waals surface area (Å²) in [5.41, 5.74) is 4.26. The Bertz CT molecular complexity index is 939. The predicted molar refractivity (Wildman–Crippen MR) is 111 cm³/mol. The zero-order valence-corrected chi connectivity index (χ0v) is 17.7. The predicted octanol–water partition coefficient (Wildman–Crippen LogP) is 3.06. The lowest BCUT2D eigenvalue weighted by molar-refractivity contribution is -0.128. The molecule has 0 N–H and O–H groups in total. The van der Waals surface area contributed by atoms with E-state index in [4.69, 9.17) is 4.52 Å². The maximum Gasteiger partial charge on any atom is 0.264 e. The summed E-state index contributed by atoms with van der Waals surface area (Å²) in [6.07, 6.45) is 2.78. The molecule has 0 unspecified atom stereocenters. The van der Waals surface area contributed by atoms with Gasteiger partial charge in [0.2, 0.25) is 0 Å². The average molecular weight is 396 g/mol. The average Bonchev–Trinajstić information content (AvgIpc) is 3.23. The van der Waals surface area contributed by atoms with E-state index in [0.29, 0.717) is 19.6 Å². The van der Waals surface area contributed by atoms with Crippen LogP contribution in [0.4, 0.5) is 0 Å². The van der Waals surface area contributed by atoms with Crippen LogP contribution in [0.25, 0.3) is 6.08 Å². The van der Waals surface area contributed by atoms with Crippen molar-refractivity contribution < 1.29 is 9.32 Å². The van der Waals surface area contributed by atoms with Crippen molar-refractivity contribution in [2.45, 2.75) is 47.2 Å². The molecule has 2 aromatic heterocycles. The van der Waals surface area contributed by atoms with E-state index in [9.17, 15) is 10.1 Å². The summed E-state index contributed by atoms with van der Waals surface area (Å²) in [5.74, 6) is 0.644. The summed E-state index contributed by atoms with van der Waals surface area (Å²) in [5, 5.41) is 13.5. The van der Waals surface area contributed by atoms with E-state index in [0.717, 1.165) is 54.5 Å². The van der Waals surface area contributed by atoms with Crippen molar-refractivity contribution in [3.63, 3.8) is 0 Å². The van der Waals surface area contributed by atoms with Gasteiger partial charge < -0.3 is 14.0 Å². The Morgan fingerprint density at radius 1 is 1.24 bits per heavy atom. The third-order valence-corrected chi connectivity index (χ3v) is 5.43. The van der Waals surface area contributed by atoms with E-state index in [1.807, 2.05) is 26.0 Å². The van der Waals surface area contributed by atoms with Gasteiger partial charge in [-0.15, -0.1) is 0 Å². The van der Waals surface area contributed by atoms with Crippen molar-refractivity contribution in [2.24, 2.45) is 0 Å². The highest BCUT2D eigenvalue weighted by Crippen LogP contribution is 2.20. The van der Waals surface area contributed by atoms with Crippen LogP contribution in [-0.2, 0) is 17.9 Å². The van der Waals surface area contributed by atoms with Crippen LogP contribution in [0.15, 0.2) is 22.2 Å². The van der Waals surface area contributed by atoms with Crippen LogP contribution in [0.1, 0.15) is 41.8 Å². The topological polar surface area (TPSA) is 78.3 Å². The van der Waals surface area contributed by atoms with Crippen LogP contribution in [0.3, 0.4) is 0 Å². The van der Waals surface area contributed by atoms with Crippen molar-refractivity contribution >= 4 is 12.0 Å². The number of piperazine rings is 1. The number of hydrogen-bond donors (Lipinski definition) is 0. The summed E-state index contributed by atoms with van der Waals surface area (Å²) in [4.78, 5) is 16.9. The van der Waals surface area contributed by atoms with Gasteiger partial charge in [0.05, 0.1) is 12.2 Å². The second-order valence-corrected chi connectivity index (χ2v) is 7.65. The Morgan fingerprint density at radius 3 is 2.55 bits per heavy atom. The highest BCUT2D eigenvalue weighted by atomic mass is 16.5. The molecule has 3 heterocycles. The Balaban J connectivity index is 1.65. The zero-order valence-electron chi connectivity index (χ0n) is 17.7. The van der Waals surface area contributed by atoms with Gasteiger partial charge in [-0.25, -0.2) is 0 Å². The fraction of sp³-hybridized carbons (Fsp3) is 0.500. The van der Waals surface area contributed by atoms with E-state index in [2.05, 4.69) is 34.5 Å². The molecular weight excluding hydrogens is 366 g/mol. The van der Waals surface area contributed by atoms with Gasteiger partial charge in [-0.3, -0.25) is 9.69 Å². The largest absolute Gasteiger partial charge is 0.360 e. The van der Waals surface area contributed by atoms with Crippen LogP contribution in [-0.4, -0.2) is 51.6 Å². The van der Waals surface area contributed by atoms with Crippen molar-refractivity contribution in [1.82, 2.24) is 19.5 Å². The first-order valence-electron chi connectivity index (χ1n) is 10.1. The van der Waals surface area contributed by atoms with Gasteiger partial charge in [0, 0.05) is 50.2 Å². The monoisotopic (exact) mass is 395 g/mol. The third-order valence-electron chi connectivity index (χ3n) is 5.43. The standard InChI is InChI=1S/C22H29N5O2/c1-5-6-27-17(3)12-19(18(27)4)13-20(14-23)22(28)26-9-7-25(8-10-26)15-21-11-16(2)24-29-21/h11-13H,5-10,15H2,1-4H3/b20-13+. The lowest BCUT2D eigenvalue weighted by Crippen LogP contribution is -2.48. The van der Waals surface area contributed by atoms with Gasteiger partial charge in [-0.05, 0) is 44.9 Å². The van der Waals surface area contributed by atoms with E-state index in [-0.39, 0.29) is 11.5 Å². The summed E-state index contributed by atoms with van der Waals surface area (Å²) < 4.78 is 7.51. The van der Waals surface area contributed by atoms with Gasteiger partial charge in [0.15, 0.2) is 5.76 Å². The van der Waals surface area contributed by atoms with Crippen LogP contribution in [0.2, 0.25) is 0 Å². The van der Waals surface area contributed by atoms with Crippen LogP contribution in [0, 0.1) is 32.1 Å². The molecule has 0 saturated carbocycles. The van der Waals surface area contributed by atoms with E-state index >= 15 is 0 Å². The molecule has 7 heteroatoms. The Hall–Kier alpha value is -2.85. The smallest absolute Gasteiger partial charge is 0.264 e. The van der Waals surface area contributed by atoms with Gasteiger partial charge in [-0.2, -0.15) is 5.26 Å². The van der Waals surface area contributed by atoms with Crippen LogP contribution >= 0.6 is 0 Å². The summed E-state index contributed by atoms with van der Waals surface area (Å²) in [7, 11) is 0. The minimum Gasteiger partial charge on any atom is -0.360 e. The van der Waals surface area contributed by atoms with E-state index in [1.54, 1.807) is 11.0 Å². The summed E-state index contributed by atoms with van der Waals surface area (Å²) in [6.45, 7) is 12.5. The number of aromatic nitrogens is 2. The van der Waals surface area contributed by atoms with E-state index < -0.39 is 0 Å². The quantitative estimate of drug-likeness (QED) is 0.555. The summed E-state index contributed by atoms with van der Waals surface area (Å²) >= 11 is 0. The highest BCUT2D eigenvalue weighted by Gasteiger charge is 2.24. The maximum atomic E-state index is 12.9.